The average molecular weight is 562 g/mol. The van der Waals surface area contributed by atoms with Gasteiger partial charge in [-0.05, 0) is 41.1 Å². The van der Waals surface area contributed by atoms with Gasteiger partial charge in [0.15, 0.2) is 11.7 Å². The van der Waals surface area contributed by atoms with Gasteiger partial charge in [0, 0.05) is 21.9 Å². The molecule has 184 valence electrons. The number of hydrogen-bond donors (Lipinski definition) is 1. The molecule has 1 aromatic carbocycles. The Bertz CT molecular complexity index is 1520. The molecule has 0 spiro atoms. The number of hydrogen-bond acceptors (Lipinski definition) is 11. The Morgan fingerprint density at radius 1 is 1.08 bits per heavy atom. The number of amides is 1. The van der Waals surface area contributed by atoms with Crippen molar-refractivity contribution in [2.24, 2.45) is 0 Å². The summed E-state index contributed by atoms with van der Waals surface area (Å²) >= 11 is 3.51. The van der Waals surface area contributed by atoms with Crippen LogP contribution in [0, 0.1) is 10.1 Å². The second-order valence-electron chi connectivity index (χ2n) is 6.91. The van der Waals surface area contributed by atoms with E-state index in [0.29, 0.717) is 21.8 Å². The molecule has 36 heavy (non-hydrogen) atoms. The number of thiazole rings is 1. The molecule has 4 aromatic rings. The van der Waals surface area contributed by atoms with Crippen molar-refractivity contribution in [1.29, 1.82) is 0 Å². The number of benzene rings is 1. The molecule has 0 bridgehead atoms. The van der Waals surface area contributed by atoms with Crippen molar-refractivity contribution < 1.29 is 27.7 Å². The van der Waals surface area contributed by atoms with Crippen LogP contribution in [0.4, 0.5) is 10.8 Å². The highest BCUT2D eigenvalue weighted by molar-refractivity contribution is 7.93. The van der Waals surface area contributed by atoms with Gasteiger partial charge < -0.3 is 4.74 Å². The van der Waals surface area contributed by atoms with Gasteiger partial charge in [-0.3, -0.25) is 20.2 Å². The van der Waals surface area contributed by atoms with Gasteiger partial charge in [-0.25, -0.2) is 18.2 Å². The molecule has 1 N–H and O–H groups in total. The summed E-state index contributed by atoms with van der Waals surface area (Å²) < 4.78 is 30.5. The number of nitro groups is 1. The van der Waals surface area contributed by atoms with Crippen molar-refractivity contribution in [1.82, 2.24) is 4.98 Å². The number of esters is 1. The summed E-state index contributed by atoms with van der Waals surface area (Å²) in [6.07, 6.45) is 2.76. The topological polar surface area (TPSA) is 146 Å². The first kappa shape index (κ1) is 25.4. The van der Waals surface area contributed by atoms with Gasteiger partial charge in [-0.15, -0.1) is 22.7 Å². The predicted octanol–water partition coefficient (Wildman–Crippen LogP) is 4.73. The van der Waals surface area contributed by atoms with Crippen LogP contribution in [0.3, 0.4) is 0 Å². The smallest absolute Gasteiger partial charge is 0.340 e. The van der Waals surface area contributed by atoms with E-state index >= 15 is 0 Å². The molecule has 0 aliphatic rings. The number of non-ortho nitro benzene ring substituents is 1. The van der Waals surface area contributed by atoms with E-state index in [2.05, 4.69) is 10.3 Å². The van der Waals surface area contributed by atoms with Crippen molar-refractivity contribution in [3.05, 3.63) is 85.4 Å². The third-order valence-corrected chi connectivity index (χ3v) is 9.39. The van der Waals surface area contributed by atoms with Crippen molar-refractivity contribution in [2.45, 2.75) is 9.10 Å². The average Bonchev–Trinajstić information content (AvgIpc) is 3.64. The van der Waals surface area contributed by atoms with Gasteiger partial charge >= 0.3 is 5.97 Å². The molecular weight excluding hydrogens is 547 g/mol. The Morgan fingerprint density at radius 2 is 1.81 bits per heavy atom. The quantitative estimate of drug-likeness (QED) is 0.134. The Balaban J connectivity index is 1.40. The number of rotatable bonds is 9. The zero-order valence-electron chi connectivity index (χ0n) is 18.0. The maximum Gasteiger partial charge on any atom is 0.340 e. The van der Waals surface area contributed by atoms with Gasteiger partial charge in [-0.2, -0.15) is 0 Å². The fourth-order valence-corrected chi connectivity index (χ4v) is 6.68. The summed E-state index contributed by atoms with van der Waals surface area (Å²) in [4.78, 5) is 40.4. The molecule has 4 rings (SSSR count). The third-order valence-electron chi connectivity index (χ3n) is 4.52. The lowest BCUT2D eigenvalue weighted by Crippen LogP contribution is -2.21. The van der Waals surface area contributed by atoms with E-state index in [4.69, 9.17) is 4.74 Å². The summed E-state index contributed by atoms with van der Waals surface area (Å²) in [5, 5.41) is 16.9. The van der Waals surface area contributed by atoms with E-state index in [-0.39, 0.29) is 19.9 Å². The first-order chi connectivity index (χ1) is 17.2. The Hall–Kier alpha value is -3.72. The van der Waals surface area contributed by atoms with E-state index in [1.807, 2.05) is 22.9 Å². The molecule has 3 aromatic heterocycles. The SMILES string of the molecule is O=C(COC(=O)/C(=C\c1cccs1)c1cccs1)Nc1ncc(S(=O)(=O)c2ccc([N+](=O)[O-])cc2)s1. The lowest BCUT2D eigenvalue weighted by Gasteiger charge is -2.07. The van der Waals surface area contributed by atoms with Crippen LogP contribution in [0.25, 0.3) is 11.6 Å². The summed E-state index contributed by atoms with van der Waals surface area (Å²) in [6, 6.07) is 11.7. The standard InChI is InChI=1S/C22H15N3O7S4/c26-19(13-32-21(27)17(18-4-2-10-34-18)11-15-3-1-9-33-15)24-22-23-12-20(35-22)36(30,31)16-7-5-14(6-8-16)25(28)29/h1-12H,13H2,(H,23,24,26)/b17-11-. The Morgan fingerprint density at radius 3 is 2.44 bits per heavy atom. The first-order valence-electron chi connectivity index (χ1n) is 9.95. The Labute approximate surface area is 216 Å². The number of sulfone groups is 1. The van der Waals surface area contributed by atoms with Crippen molar-refractivity contribution in [2.75, 3.05) is 11.9 Å². The highest BCUT2D eigenvalue weighted by Crippen LogP contribution is 2.30. The summed E-state index contributed by atoms with van der Waals surface area (Å²) in [6.45, 7) is -0.601. The molecule has 0 aliphatic carbocycles. The zero-order valence-corrected chi connectivity index (χ0v) is 21.3. The van der Waals surface area contributed by atoms with Crippen LogP contribution in [0.15, 0.2) is 74.6 Å². The zero-order chi connectivity index (χ0) is 25.7. The van der Waals surface area contributed by atoms with Crippen LogP contribution >= 0.6 is 34.0 Å². The molecule has 0 unspecified atom stereocenters. The van der Waals surface area contributed by atoms with Crippen LogP contribution in [-0.4, -0.2) is 36.8 Å². The molecule has 1 amide bonds. The summed E-state index contributed by atoms with van der Waals surface area (Å²) in [5.74, 6) is -1.37. The van der Waals surface area contributed by atoms with Crippen LogP contribution in [0.2, 0.25) is 0 Å². The number of thiophene rings is 2. The minimum Gasteiger partial charge on any atom is -0.452 e. The van der Waals surface area contributed by atoms with Gasteiger partial charge in [0.25, 0.3) is 11.6 Å². The minimum absolute atomic E-state index is 0.0101. The molecule has 10 nitrogen and oxygen atoms in total. The number of nitrogens with one attached hydrogen (secondary N) is 1. The highest BCUT2D eigenvalue weighted by atomic mass is 32.2. The van der Waals surface area contributed by atoms with Crippen LogP contribution < -0.4 is 5.32 Å². The molecule has 0 radical (unpaired) electrons. The van der Waals surface area contributed by atoms with Gasteiger partial charge in [-0.1, -0.05) is 23.5 Å². The van der Waals surface area contributed by atoms with Gasteiger partial charge in [0.05, 0.1) is 21.6 Å². The largest absolute Gasteiger partial charge is 0.452 e. The van der Waals surface area contributed by atoms with Gasteiger partial charge in [0.1, 0.15) is 4.21 Å². The van der Waals surface area contributed by atoms with Crippen LogP contribution in [0.5, 0.6) is 0 Å². The van der Waals surface area contributed by atoms with E-state index in [0.717, 1.165) is 35.3 Å². The lowest BCUT2D eigenvalue weighted by molar-refractivity contribution is -0.384. The Kier molecular flexibility index (Phi) is 7.69. The second-order valence-corrected chi connectivity index (χ2v) is 12.0. The molecule has 3 heterocycles. The van der Waals surface area contributed by atoms with E-state index in [1.165, 1.54) is 22.7 Å². The van der Waals surface area contributed by atoms with E-state index in [9.17, 15) is 28.1 Å². The molecule has 0 fully saturated rings. The lowest BCUT2D eigenvalue weighted by atomic mass is 10.2. The number of nitro benzene ring substituents is 1. The molecule has 0 atom stereocenters. The number of aromatic nitrogens is 1. The minimum atomic E-state index is -3.99. The molecular formula is C22H15N3O7S4. The molecule has 0 aliphatic heterocycles. The third kappa shape index (κ3) is 5.91. The number of carbonyl (C=O) groups excluding carboxylic acids is 2. The van der Waals surface area contributed by atoms with E-state index in [1.54, 1.807) is 18.2 Å². The maximum absolute atomic E-state index is 12.8. The maximum atomic E-state index is 12.8. The number of carbonyl (C=O) groups is 2. The normalized spacial score (nSPS) is 11.7. The monoisotopic (exact) mass is 561 g/mol. The summed E-state index contributed by atoms with van der Waals surface area (Å²) in [7, 11) is -3.99. The molecule has 0 saturated carbocycles. The fourth-order valence-electron chi connectivity index (χ4n) is 2.85. The number of nitrogens with zero attached hydrogens (tertiary/aromatic N) is 2. The van der Waals surface area contributed by atoms with Crippen LogP contribution in [-0.2, 0) is 24.2 Å². The number of anilines is 1. The predicted molar refractivity (Wildman–Crippen MR) is 137 cm³/mol. The molecule has 14 heteroatoms. The van der Waals surface area contributed by atoms with Crippen molar-refractivity contribution in [3.63, 3.8) is 0 Å². The summed E-state index contributed by atoms with van der Waals surface area (Å²) in [5.41, 5.74) is 0.0687. The van der Waals surface area contributed by atoms with Crippen molar-refractivity contribution >= 4 is 78.2 Å². The van der Waals surface area contributed by atoms with Crippen molar-refractivity contribution in [3.8, 4) is 0 Å². The first-order valence-corrected chi connectivity index (χ1v) is 14.0. The second kappa shape index (κ2) is 10.9. The van der Waals surface area contributed by atoms with Gasteiger partial charge in [0.2, 0.25) is 9.84 Å². The highest BCUT2D eigenvalue weighted by Gasteiger charge is 2.23. The fraction of sp³-hybridized carbons (Fsp3) is 0.0455. The van der Waals surface area contributed by atoms with E-state index < -0.39 is 33.2 Å². The number of ether oxygens (including phenoxy) is 1. The molecule has 0 saturated heterocycles. The van der Waals surface area contributed by atoms with Crippen LogP contribution in [0.1, 0.15) is 9.75 Å².